The molecule has 2 heterocycles. The Balaban J connectivity index is 1.70. The lowest BCUT2D eigenvalue weighted by Crippen LogP contribution is -2.26. The summed E-state index contributed by atoms with van der Waals surface area (Å²) in [7, 11) is 0. The summed E-state index contributed by atoms with van der Waals surface area (Å²) >= 11 is 1.57. The number of aromatic nitrogens is 2. The summed E-state index contributed by atoms with van der Waals surface area (Å²) < 4.78 is 1.78. The smallest absolute Gasteiger partial charge is 0.262 e. The second-order valence-corrected chi connectivity index (χ2v) is 9.21. The Hall–Kier alpha value is -3.75. The molecule has 0 aliphatic heterocycles. The number of aryl methyl sites for hydroxylation is 2. The van der Waals surface area contributed by atoms with Crippen LogP contribution in [-0.4, -0.2) is 9.55 Å². The minimum absolute atomic E-state index is 0.0190. The number of benzene rings is 3. The number of rotatable bonds is 4. The maximum atomic E-state index is 13.7. The largest absolute Gasteiger partial charge is 0.291 e. The van der Waals surface area contributed by atoms with Gasteiger partial charge < -0.3 is 0 Å². The molecule has 0 atom stereocenters. The second-order valence-electron chi connectivity index (χ2n) is 8.01. The number of hydrogen-bond acceptors (Lipinski definition) is 4. The molecule has 0 saturated heterocycles. The summed E-state index contributed by atoms with van der Waals surface area (Å²) in [5.74, 6) is 0.738. The Kier molecular flexibility index (Phi) is 5.08. The van der Waals surface area contributed by atoms with Crippen molar-refractivity contribution in [3.8, 4) is 6.07 Å². The fourth-order valence-corrected chi connectivity index (χ4v) is 5.24. The number of nitriles is 1. The maximum absolute atomic E-state index is 13.7. The Morgan fingerprint density at radius 3 is 2.66 bits per heavy atom. The predicted octanol–water partition coefficient (Wildman–Crippen LogP) is 5.74. The number of hydrogen-bond donors (Lipinski definition) is 0. The summed E-state index contributed by atoms with van der Waals surface area (Å²) in [4.78, 5) is 20.5. The maximum Gasteiger partial charge on any atom is 0.262 e. The third-order valence-corrected chi connectivity index (χ3v) is 7.09. The van der Waals surface area contributed by atoms with Gasteiger partial charge in [0.05, 0.1) is 23.6 Å². The standard InChI is InChI=1S/C27H21N3OS/c1-17-18(2)32-26-25(17)27(31)30(16-20-8-5-7-19(13-20)15-28)24(29-26)14-22-11-6-10-21-9-3-4-12-23(21)22/h3-13H,14,16H2,1-2H3. The topological polar surface area (TPSA) is 58.7 Å². The molecule has 0 radical (unpaired) electrons. The summed E-state index contributed by atoms with van der Waals surface area (Å²) in [6.07, 6.45) is 0.556. The molecule has 0 bridgehead atoms. The highest BCUT2D eigenvalue weighted by molar-refractivity contribution is 7.18. The SMILES string of the molecule is Cc1sc2nc(Cc3cccc4ccccc34)n(Cc3cccc(C#N)c3)c(=O)c2c1C. The first-order chi connectivity index (χ1) is 15.5. The predicted molar refractivity (Wildman–Crippen MR) is 130 cm³/mol. The highest BCUT2D eigenvalue weighted by Gasteiger charge is 2.18. The van der Waals surface area contributed by atoms with Crippen molar-refractivity contribution < 1.29 is 0 Å². The van der Waals surface area contributed by atoms with Gasteiger partial charge in [-0.05, 0) is 53.4 Å². The quantitative estimate of drug-likeness (QED) is 0.362. The molecule has 2 aromatic heterocycles. The van der Waals surface area contributed by atoms with Crippen LogP contribution in [0.5, 0.6) is 0 Å². The molecule has 5 aromatic rings. The van der Waals surface area contributed by atoms with Crippen LogP contribution in [0.1, 0.15) is 33.0 Å². The molecule has 5 rings (SSSR count). The van der Waals surface area contributed by atoms with Crippen molar-refractivity contribution in [3.63, 3.8) is 0 Å². The minimum atomic E-state index is -0.0190. The van der Waals surface area contributed by atoms with Gasteiger partial charge in [0.1, 0.15) is 10.7 Å². The lowest BCUT2D eigenvalue weighted by Gasteiger charge is -2.14. The molecule has 3 aromatic carbocycles. The van der Waals surface area contributed by atoms with Gasteiger partial charge in [-0.3, -0.25) is 9.36 Å². The molecule has 5 heteroatoms. The molecule has 0 spiro atoms. The number of fused-ring (bicyclic) bond motifs is 2. The van der Waals surface area contributed by atoms with Gasteiger partial charge in [0.2, 0.25) is 0 Å². The van der Waals surface area contributed by atoms with Gasteiger partial charge in [-0.1, -0.05) is 54.6 Å². The van der Waals surface area contributed by atoms with Gasteiger partial charge in [0.25, 0.3) is 5.56 Å². The first-order valence-electron chi connectivity index (χ1n) is 10.5. The second kappa shape index (κ2) is 8.07. The van der Waals surface area contributed by atoms with E-state index in [9.17, 15) is 10.1 Å². The van der Waals surface area contributed by atoms with E-state index in [2.05, 4.69) is 36.4 Å². The fourth-order valence-electron chi connectivity index (χ4n) is 4.21. The first-order valence-corrected chi connectivity index (χ1v) is 11.3. The third kappa shape index (κ3) is 3.49. The Labute approximate surface area is 190 Å². The molecule has 32 heavy (non-hydrogen) atoms. The molecule has 156 valence electrons. The van der Waals surface area contributed by atoms with Crippen molar-refractivity contribution in [1.82, 2.24) is 9.55 Å². The van der Waals surface area contributed by atoms with E-state index < -0.39 is 0 Å². The van der Waals surface area contributed by atoms with Gasteiger partial charge in [0.15, 0.2) is 0 Å². The van der Waals surface area contributed by atoms with Crippen molar-refractivity contribution in [3.05, 3.63) is 110 Å². The first kappa shape index (κ1) is 20.2. The molecular weight excluding hydrogens is 414 g/mol. The molecule has 0 saturated carbocycles. The molecule has 0 aliphatic carbocycles. The van der Waals surface area contributed by atoms with Crippen LogP contribution in [0, 0.1) is 25.2 Å². The van der Waals surface area contributed by atoms with E-state index >= 15 is 0 Å². The van der Waals surface area contributed by atoms with Gasteiger partial charge in [-0.25, -0.2) is 4.98 Å². The molecule has 0 aliphatic rings. The van der Waals surface area contributed by atoms with Crippen LogP contribution in [0.15, 0.2) is 71.5 Å². The van der Waals surface area contributed by atoms with E-state index in [4.69, 9.17) is 4.98 Å². The number of thiophene rings is 1. The minimum Gasteiger partial charge on any atom is -0.291 e. The van der Waals surface area contributed by atoms with Crippen molar-refractivity contribution in [1.29, 1.82) is 5.26 Å². The summed E-state index contributed by atoms with van der Waals surface area (Å²) in [5.41, 5.74) is 3.62. The van der Waals surface area contributed by atoms with E-state index in [1.165, 1.54) is 10.8 Å². The van der Waals surface area contributed by atoms with Gasteiger partial charge in [-0.15, -0.1) is 11.3 Å². The average molecular weight is 436 g/mol. The molecular formula is C27H21N3OS. The lowest BCUT2D eigenvalue weighted by atomic mass is 10.0. The fraction of sp³-hybridized carbons (Fsp3) is 0.148. The van der Waals surface area contributed by atoms with Crippen molar-refractivity contribution >= 4 is 32.3 Å². The monoisotopic (exact) mass is 435 g/mol. The van der Waals surface area contributed by atoms with E-state index in [1.54, 1.807) is 22.0 Å². The highest BCUT2D eigenvalue weighted by atomic mass is 32.1. The van der Waals surface area contributed by atoms with Crippen LogP contribution < -0.4 is 5.56 Å². The molecule has 0 fully saturated rings. The van der Waals surface area contributed by atoms with Gasteiger partial charge in [-0.2, -0.15) is 5.26 Å². The van der Waals surface area contributed by atoms with Crippen LogP contribution in [0.3, 0.4) is 0 Å². The van der Waals surface area contributed by atoms with E-state index in [0.29, 0.717) is 23.9 Å². The molecule has 0 amide bonds. The summed E-state index contributed by atoms with van der Waals surface area (Å²) in [6.45, 7) is 4.40. The van der Waals surface area contributed by atoms with E-state index in [0.717, 1.165) is 32.2 Å². The van der Waals surface area contributed by atoms with E-state index in [-0.39, 0.29) is 5.56 Å². The van der Waals surface area contributed by atoms with Gasteiger partial charge in [0, 0.05) is 11.3 Å². The van der Waals surface area contributed by atoms with E-state index in [1.807, 2.05) is 44.2 Å². The lowest BCUT2D eigenvalue weighted by molar-refractivity contribution is 0.695. The van der Waals surface area contributed by atoms with Crippen LogP contribution in [0.25, 0.3) is 21.0 Å². The van der Waals surface area contributed by atoms with Crippen LogP contribution in [-0.2, 0) is 13.0 Å². The summed E-state index contributed by atoms with van der Waals surface area (Å²) in [5, 5.41) is 12.3. The third-order valence-electron chi connectivity index (χ3n) is 5.99. The molecule has 0 unspecified atom stereocenters. The average Bonchev–Trinajstić information content (AvgIpc) is 3.10. The number of nitrogens with zero attached hydrogens (tertiary/aromatic N) is 3. The zero-order valence-corrected chi connectivity index (χ0v) is 18.7. The Morgan fingerprint density at radius 2 is 1.81 bits per heavy atom. The van der Waals surface area contributed by atoms with Crippen molar-refractivity contribution in [2.75, 3.05) is 0 Å². The normalized spacial score (nSPS) is 11.2. The van der Waals surface area contributed by atoms with Crippen LogP contribution in [0.4, 0.5) is 0 Å². The van der Waals surface area contributed by atoms with Crippen molar-refractivity contribution in [2.45, 2.75) is 26.8 Å². The summed E-state index contributed by atoms with van der Waals surface area (Å²) in [6, 6.07) is 24.1. The highest BCUT2D eigenvalue weighted by Crippen LogP contribution is 2.28. The Bertz CT molecular complexity index is 1580. The zero-order chi connectivity index (χ0) is 22.2. The Morgan fingerprint density at radius 1 is 1.03 bits per heavy atom. The molecule has 0 N–H and O–H groups in total. The zero-order valence-electron chi connectivity index (χ0n) is 17.9. The molecule has 4 nitrogen and oxygen atoms in total. The van der Waals surface area contributed by atoms with Crippen LogP contribution >= 0.6 is 11.3 Å². The van der Waals surface area contributed by atoms with Gasteiger partial charge >= 0.3 is 0 Å². The van der Waals surface area contributed by atoms with Crippen LogP contribution in [0.2, 0.25) is 0 Å². The van der Waals surface area contributed by atoms with Crippen molar-refractivity contribution in [2.24, 2.45) is 0 Å².